The predicted molar refractivity (Wildman–Crippen MR) is 158 cm³/mol. The van der Waals surface area contributed by atoms with Crippen LogP contribution in [-0.4, -0.2) is 56.3 Å². The number of carbonyl (C=O) groups is 2. The van der Waals surface area contributed by atoms with Crippen LogP contribution in [0.5, 0.6) is 0 Å². The summed E-state index contributed by atoms with van der Waals surface area (Å²) in [5.41, 5.74) is -1.01. The number of aliphatic carboxylic acids is 1. The van der Waals surface area contributed by atoms with Gasteiger partial charge >= 0.3 is 11.9 Å². The van der Waals surface area contributed by atoms with Gasteiger partial charge in [0.15, 0.2) is 0 Å². The zero-order chi connectivity index (χ0) is 30.6. The Hall–Kier alpha value is -1.44. The van der Waals surface area contributed by atoms with Crippen LogP contribution in [0.15, 0.2) is 11.6 Å². The van der Waals surface area contributed by atoms with Crippen molar-refractivity contribution in [1.29, 1.82) is 0 Å². The third-order valence-corrected chi connectivity index (χ3v) is 12.3. The Morgan fingerprint density at radius 3 is 2.22 bits per heavy atom. The minimum atomic E-state index is -1.02. The number of hydrogen-bond acceptors (Lipinski definition) is 6. The monoisotopic (exact) mass is 576 g/mol. The molecule has 234 valence electrons. The standard InChI is InChI=1S/C34H56O7/c1-21-9-10-24-23(15-19-33(24,7)38)30(2,3)22(21)11-12-25-32(6)18-16-26(40-29(37)14-13-28(35)36)31(4,5)41-27(32)17-20-34(25,8)39/h9,22-27,38-39H,10-20H2,1-8H3,(H,35,36)/t22-,23+,24+,25+,26+,27+,32+,33+,34-/m1/s1. The molecule has 1 heterocycles. The molecule has 0 aromatic rings. The summed E-state index contributed by atoms with van der Waals surface area (Å²) in [7, 11) is 0. The number of carbonyl (C=O) groups excluding carboxylic acids is 1. The lowest BCUT2D eigenvalue weighted by molar-refractivity contribution is -0.211. The molecule has 0 spiro atoms. The van der Waals surface area contributed by atoms with Crippen LogP contribution in [0, 0.1) is 34.5 Å². The van der Waals surface area contributed by atoms with Gasteiger partial charge in [0.2, 0.25) is 0 Å². The quantitative estimate of drug-likeness (QED) is 0.236. The van der Waals surface area contributed by atoms with Crippen molar-refractivity contribution in [2.24, 2.45) is 34.5 Å². The fourth-order valence-electron chi connectivity index (χ4n) is 9.70. The summed E-state index contributed by atoms with van der Waals surface area (Å²) in [6, 6.07) is 0. The highest BCUT2D eigenvalue weighted by Crippen LogP contribution is 2.59. The third kappa shape index (κ3) is 6.28. The zero-order valence-corrected chi connectivity index (χ0v) is 26.8. The van der Waals surface area contributed by atoms with Gasteiger partial charge in [0.1, 0.15) is 6.10 Å². The number of fused-ring (bicyclic) bond motifs is 2. The number of hydrogen-bond donors (Lipinski definition) is 3. The number of carboxylic acid groups (broad SMARTS) is 1. The van der Waals surface area contributed by atoms with E-state index in [2.05, 4.69) is 33.8 Å². The maximum Gasteiger partial charge on any atom is 0.306 e. The minimum Gasteiger partial charge on any atom is -0.481 e. The van der Waals surface area contributed by atoms with E-state index in [1.54, 1.807) is 0 Å². The van der Waals surface area contributed by atoms with Crippen molar-refractivity contribution in [2.45, 2.75) is 155 Å². The molecule has 41 heavy (non-hydrogen) atoms. The third-order valence-electron chi connectivity index (χ3n) is 12.3. The van der Waals surface area contributed by atoms with Crippen LogP contribution in [0.4, 0.5) is 0 Å². The summed E-state index contributed by atoms with van der Waals surface area (Å²) >= 11 is 0. The number of esters is 1. The van der Waals surface area contributed by atoms with Crippen LogP contribution in [-0.2, 0) is 19.1 Å². The fourth-order valence-corrected chi connectivity index (χ4v) is 9.70. The molecular weight excluding hydrogens is 520 g/mol. The summed E-state index contributed by atoms with van der Waals surface area (Å²) in [5, 5.41) is 32.0. The van der Waals surface area contributed by atoms with E-state index >= 15 is 0 Å². The first-order valence-electron chi connectivity index (χ1n) is 16.0. The highest BCUT2D eigenvalue weighted by atomic mass is 16.6. The van der Waals surface area contributed by atoms with Crippen molar-refractivity contribution in [3.8, 4) is 0 Å². The average molecular weight is 577 g/mol. The largest absolute Gasteiger partial charge is 0.481 e. The SMILES string of the molecule is CC1=CC[C@H]2[C@H](CC[C@]2(C)O)C(C)(C)[C@@H]1CC[C@H]1[C@]2(C)CC[C@H](OC(=O)CCC(=O)O)C(C)(C)O[C@H]2CC[C@@]1(C)O. The Labute approximate surface area is 247 Å². The van der Waals surface area contributed by atoms with Crippen LogP contribution < -0.4 is 0 Å². The van der Waals surface area contributed by atoms with Crippen LogP contribution >= 0.6 is 0 Å². The normalized spacial score (nSPS) is 43.6. The van der Waals surface area contributed by atoms with E-state index in [0.717, 1.165) is 44.9 Å². The molecule has 3 fully saturated rings. The van der Waals surface area contributed by atoms with Gasteiger partial charge in [-0.15, -0.1) is 0 Å². The number of ether oxygens (including phenoxy) is 2. The summed E-state index contributed by atoms with van der Waals surface area (Å²) in [6.07, 6.45) is 8.90. The van der Waals surface area contributed by atoms with Gasteiger partial charge in [-0.3, -0.25) is 9.59 Å². The topological polar surface area (TPSA) is 113 Å². The summed E-state index contributed by atoms with van der Waals surface area (Å²) in [6.45, 7) is 17.2. The highest BCUT2D eigenvalue weighted by Gasteiger charge is 2.58. The van der Waals surface area contributed by atoms with Gasteiger partial charge in [0, 0.05) is 0 Å². The molecule has 0 aromatic carbocycles. The maximum absolute atomic E-state index is 12.5. The van der Waals surface area contributed by atoms with E-state index in [0.29, 0.717) is 24.7 Å². The first-order chi connectivity index (χ1) is 18.8. The smallest absolute Gasteiger partial charge is 0.306 e. The van der Waals surface area contributed by atoms with Gasteiger partial charge in [-0.05, 0) is 127 Å². The van der Waals surface area contributed by atoms with E-state index in [1.165, 1.54) is 5.57 Å². The first kappa shape index (κ1) is 32.5. The number of aliphatic hydroxyl groups is 2. The van der Waals surface area contributed by atoms with Crippen molar-refractivity contribution in [1.82, 2.24) is 0 Å². The Kier molecular flexibility index (Phi) is 8.90. The molecule has 3 aliphatic carbocycles. The zero-order valence-electron chi connectivity index (χ0n) is 26.8. The Morgan fingerprint density at radius 2 is 1.56 bits per heavy atom. The van der Waals surface area contributed by atoms with E-state index in [1.807, 2.05) is 27.7 Å². The second-order valence-corrected chi connectivity index (χ2v) is 15.8. The Balaban J connectivity index is 1.55. The molecule has 1 aliphatic heterocycles. The predicted octanol–water partition coefficient (Wildman–Crippen LogP) is 6.44. The summed E-state index contributed by atoms with van der Waals surface area (Å²) in [5.74, 6) is -0.389. The molecule has 0 unspecified atom stereocenters. The molecule has 2 saturated carbocycles. The van der Waals surface area contributed by atoms with Gasteiger partial charge in [-0.25, -0.2) is 0 Å². The van der Waals surface area contributed by atoms with Crippen molar-refractivity contribution in [3.63, 3.8) is 0 Å². The number of allylic oxidation sites excluding steroid dienone is 2. The van der Waals surface area contributed by atoms with Gasteiger partial charge in [-0.1, -0.05) is 32.4 Å². The molecule has 0 bridgehead atoms. The molecule has 3 N–H and O–H groups in total. The van der Waals surface area contributed by atoms with Gasteiger partial charge in [-0.2, -0.15) is 0 Å². The first-order valence-corrected chi connectivity index (χ1v) is 16.0. The van der Waals surface area contributed by atoms with Gasteiger partial charge in [0.25, 0.3) is 0 Å². The Morgan fingerprint density at radius 1 is 0.902 bits per heavy atom. The second kappa shape index (κ2) is 11.2. The molecule has 7 nitrogen and oxygen atoms in total. The van der Waals surface area contributed by atoms with Crippen molar-refractivity contribution in [2.75, 3.05) is 0 Å². The molecule has 4 rings (SSSR count). The number of rotatable bonds is 7. The van der Waals surface area contributed by atoms with Gasteiger partial charge < -0.3 is 24.8 Å². The molecular formula is C34H56O7. The molecule has 7 heteroatoms. The summed E-state index contributed by atoms with van der Waals surface area (Å²) in [4.78, 5) is 23.4. The van der Waals surface area contributed by atoms with E-state index in [9.17, 15) is 19.8 Å². The lowest BCUT2D eigenvalue weighted by Crippen LogP contribution is -2.56. The molecule has 0 aromatic heterocycles. The van der Waals surface area contributed by atoms with E-state index in [4.69, 9.17) is 14.6 Å². The molecule has 9 atom stereocenters. The second-order valence-electron chi connectivity index (χ2n) is 15.8. The highest BCUT2D eigenvalue weighted by molar-refractivity contribution is 5.76. The van der Waals surface area contributed by atoms with Gasteiger partial charge in [0.05, 0.1) is 35.7 Å². The van der Waals surface area contributed by atoms with E-state index in [-0.39, 0.29) is 41.6 Å². The molecule has 0 radical (unpaired) electrons. The van der Waals surface area contributed by atoms with Crippen molar-refractivity contribution in [3.05, 3.63) is 11.6 Å². The maximum atomic E-state index is 12.5. The fraction of sp³-hybridized carbons (Fsp3) is 0.882. The average Bonchev–Trinajstić information content (AvgIpc) is 3.06. The van der Waals surface area contributed by atoms with E-state index < -0.39 is 34.8 Å². The van der Waals surface area contributed by atoms with Crippen molar-refractivity contribution < 1.29 is 34.4 Å². The van der Waals surface area contributed by atoms with Crippen LogP contribution in [0.3, 0.4) is 0 Å². The van der Waals surface area contributed by atoms with Crippen LogP contribution in [0.1, 0.15) is 126 Å². The van der Waals surface area contributed by atoms with Crippen LogP contribution in [0.2, 0.25) is 0 Å². The lowest BCUT2D eigenvalue weighted by Gasteiger charge is -2.54. The number of carboxylic acids is 1. The molecule has 1 saturated heterocycles. The van der Waals surface area contributed by atoms with Crippen molar-refractivity contribution >= 4 is 11.9 Å². The molecule has 4 aliphatic rings. The minimum absolute atomic E-state index is 0.0142. The Bertz CT molecular complexity index is 1020. The lowest BCUT2D eigenvalue weighted by atomic mass is 9.55. The van der Waals surface area contributed by atoms with Crippen LogP contribution in [0.25, 0.3) is 0 Å². The summed E-state index contributed by atoms with van der Waals surface area (Å²) < 4.78 is 12.6. The molecule has 0 amide bonds.